The second-order valence-corrected chi connectivity index (χ2v) is 7.89. The van der Waals surface area contributed by atoms with Gasteiger partial charge in [-0.15, -0.1) is 0 Å². The van der Waals surface area contributed by atoms with Crippen LogP contribution in [0.3, 0.4) is 0 Å². The Morgan fingerprint density at radius 3 is 2.33 bits per heavy atom. The maximum atomic E-state index is 2.52. The van der Waals surface area contributed by atoms with E-state index < -0.39 is 0 Å². The standard InChI is InChI=1S/C24H28/c1-17(2)18-11-13-20(14-12-18)23-10-6-9-21-15-22(16-24(21)23)19-7-4-3-5-8-19/h6,9-14,16-17,19H,3-5,7-8,15H2,1-2H3. The van der Waals surface area contributed by atoms with Crippen LogP contribution in [-0.4, -0.2) is 0 Å². The number of hydrogen-bond donors (Lipinski definition) is 0. The van der Waals surface area contributed by atoms with Gasteiger partial charge in [-0.25, -0.2) is 0 Å². The van der Waals surface area contributed by atoms with Crippen molar-refractivity contribution in [2.75, 3.05) is 0 Å². The molecular weight excluding hydrogens is 288 g/mol. The highest BCUT2D eigenvalue weighted by atomic mass is 14.3. The zero-order valence-electron chi connectivity index (χ0n) is 15.0. The summed E-state index contributed by atoms with van der Waals surface area (Å²) in [6, 6.07) is 16.0. The van der Waals surface area contributed by atoms with E-state index in [-0.39, 0.29) is 0 Å². The van der Waals surface area contributed by atoms with Crippen LogP contribution >= 0.6 is 0 Å². The molecular formula is C24H28. The Hall–Kier alpha value is -1.82. The van der Waals surface area contributed by atoms with Gasteiger partial charge in [-0.1, -0.05) is 87.2 Å². The highest BCUT2D eigenvalue weighted by Gasteiger charge is 2.24. The fraction of sp³-hybridized carbons (Fsp3) is 0.417. The van der Waals surface area contributed by atoms with Crippen molar-refractivity contribution < 1.29 is 0 Å². The van der Waals surface area contributed by atoms with E-state index in [0.717, 1.165) is 5.92 Å². The fourth-order valence-corrected chi connectivity index (χ4v) is 4.43. The molecule has 4 rings (SSSR count). The van der Waals surface area contributed by atoms with Gasteiger partial charge in [0.25, 0.3) is 0 Å². The van der Waals surface area contributed by atoms with Gasteiger partial charge in [0.2, 0.25) is 0 Å². The predicted octanol–water partition coefficient (Wildman–Crippen LogP) is 7.00. The summed E-state index contributed by atoms with van der Waals surface area (Å²) < 4.78 is 0. The Balaban J connectivity index is 1.67. The molecule has 0 atom stereocenters. The molecule has 24 heavy (non-hydrogen) atoms. The predicted molar refractivity (Wildman–Crippen MR) is 104 cm³/mol. The first-order chi connectivity index (χ1) is 11.7. The molecule has 2 aliphatic rings. The monoisotopic (exact) mass is 316 g/mol. The van der Waals surface area contributed by atoms with Gasteiger partial charge in [0.15, 0.2) is 0 Å². The average Bonchev–Trinajstić information content (AvgIpc) is 3.07. The first-order valence-corrected chi connectivity index (χ1v) is 9.65. The molecule has 0 radical (unpaired) electrons. The van der Waals surface area contributed by atoms with Gasteiger partial charge in [-0.2, -0.15) is 0 Å². The summed E-state index contributed by atoms with van der Waals surface area (Å²) in [5, 5.41) is 0. The molecule has 0 aromatic heterocycles. The van der Waals surface area contributed by atoms with Crippen LogP contribution < -0.4 is 0 Å². The van der Waals surface area contributed by atoms with E-state index in [9.17, 15) is 0 Å². The van der Waals surface area contributed by atoms with E-state index in [2.05, 4.69) is 62.4 Å². The third-order valence-electron chi connectivity index (χ3n) is 5.94. The largest absolute Gasteiger partial charge is 0.0621 e. The smallest absolute Gasteiger partial charge is 0.00548 e. The van der Waals surface area contributed by atoms with Crippen LogP contribution in [0, 0.1) is 5.92 Å². The maximum absolute atomic E-state index is 2.52. The topological polar surface area (TPSA) is 0 Å². The van der Waals surface area contributed by atoms with Gasteiger partial charge in [-0.05, 0) is 58.9 Å². The molecule has 1 fully saturated rings. The summed E-state index contributed by atoms with van der Waals surface area (Å²) in [6.45, 7) is 4.52. The van der Waals surface area contributed by atoms with Crippen molar-refractivity contribution in [3.63, 3.8) is 0 Å². The first-order valence-electron chi connectivity index (χ1n) is 9.65. The Labute approximate surface area is 146 Å². The normalized spacial score (nSPS) is 17.9. The van der Waals surface area contributed by atoms with Crippen LogP contribution in [0.15, 0.2) is 48.0 Å². The van der Waals surface area contributed by atoms with Gasteiger partial charge in [0, 0.05) is 0 Å². The van der Waals surface area contributed by atoms with Crippen LogP contribution in [0.5, 0.6) is 0 Å². The van der Waals surface area contributed by atoms with Crippen molar-refractivity contribution in [3.8, 4) is 11.1 Å². The molecule has 0 aliphatic heterocycles. The first kappa shape index (κ1) is 15.7. The van der Waals surface area contributed by atoms with Crippen molar-refractivity contribution in [2.45, 2.75) is 58.3 Å². The van der Waals surface area contributed by atoms with Crippen molar-refractivity contribution in [1.82, 2.24) is 0 Å². The SMILES string of the molecule is CC(C)c1ccc(-c2cccc3c2C=C(C2CCCCC2)C3)cc1. The number of fused-ring (bicyclic) bond motifs is 1. The van der Waals surface area contributed by atoms with Crippen LogP contribution in [0.1, 0.15) is 68.6 Å². The highest BCUT2D eigenvalue weighted by Crippen LogP contribution is 2.40. The maximum Gasteiger partial charge on any atom is -0.00548 e. The molecule has 124 valence electrons. The fourth-order valence-electron chi connectivity index (χ4n) is 4.43. The van der Waals surface area contributed by atoms with Crippen molar-refractivity contribution in [3.05, 3.63) is 64.7 Å². The molecule has 2 aromatic carbocycles. The second-order valence-electron chi connectivity index (χ2n) is 7.89. The summed E-state index contributed by atoms with van der Waals surface area (Å²) in [5.74, 6) is 1.43. The molecule has 0 unspecified atom stereocenters. The minimum Gasteiger partial charge on any atom is -0.0621 e. The zero-order chi connectivity index (χ0) is 16.5. The Bertz CT molecular complexity index is 740. The Morgan fingerprint density at radius 2 is 1.62 bits per heavy atom. The van der Waals surface area contributed by atoms with E-state index in [1.54, 1.807) is 5.57 Å². The summed E-state index contributed by atoms with van der Waals surface area (Å²) in [7, 11) is 0. The van der Waals surface area contributed by atoms with Gasteiger partial charge < -0.3 is 0 Å². The molecule has 0 N–H and O–H groups in total. The van der Waals surface area contributed by atoms with Crippen molar-refractivity contribution in [2.24, 2.45) is 5.92 Å². The van der Waals surface area contributed by atoms with Gasteiger partial charge >= 0.3 is 0 Å². The molecule has 0 saturated heterocycles. The highest BCUT2D eigenvalue weighted by molar-refractivity contribution is 5.81. The molecule has 0 nitrogen and oxygen atoms in total. The van der Waals surface area contributed by atoms with Gasteiger partial charge in [-0.3, -0.25) is 0 Å². The van der Waals surface area contributed by atoms with E-state index >= 15 is 0 Å². The van der Waals surface area contributed by atoms with Crippen LogP contribution in [0.4, 0.5) is 0 Å². The molecule has 2 aliphatic carbocycles. The number of hydrogen-bond acceptors (Lipinski definition) is 0. The molecule has 2 aromatic rings. The lowest BCUT2D eigenvalue weighted by atomic mass is 9.83. The second kappa shape index (κ2) is 6.59. The lowest BCUT2D eigenvalue weighted by molar-refractivity contribution is 0.401. The lowest BCUT2D eigenvalue weighted by Gasteiger charge is -2.22. The van der Waals surface area contributed by atoms with Crippen LogP contribution in [-0.2, 0) is 6.42 Å². The van der Waals surface area contributed by atoms with E-state index in [1.165, 1.54) is 66.3 Å². The molecule has 0 spiro atoms. The minimum absolute atomic E-state index is 0.596. The third kappa shape index (κ3) is 2.95. The third-order valence-corrected chi connectivity index (χ3v) is 5.94. The molecule has 0 heterocycles. The summed E-state index contributed by atoms with van der Waals surface area (Å²) >= 11 is 0. The summed E-state index contributed by atoms with van der Waals surface area (Å²) in [6.07, 6.45) is 10.8. The van der Waals surface area contributed by atoms with E-state index in [4.69, 9.17) is 0 Å². The van der Waals surface area contributed by atoms with Gasteiger partial charge in [0.05, 0.1) is 0 Å². The van der Waals surface area contributed by atoms with Crippen LogP contribution in [0.25, 0.3) is 17.2 Å². The quantitative estimate of drug-likeness (QED) is 0.572. The van der Waals surface area contributed by atoms with Crippen LogP contribution in [0.2, 0.25) is 0 Å². The Morgan fingerprint density at radius 1 is 0.875 bits per heavy atom. The number of benzene rings is 2. The molecule has 0 heteroatoms. The number of allylic oxidation sites excluding steroid dienone is 1. The van der Waals surface area contributed by atoms with E-state index in [1.807, 2.05) is 0 Å². The van der Waals surface area contributed by atoms with Gasteiger partial charge in [0.1, 0.15) is 0 Å². The van der Waals surface area contributed by atoms with E-state index in [0.29, 0.717) is 5.92 Å². The van der Waals surface area contributed by atoms with Crippen molar-refractivity contribution in [1.29, 1.82) is 0 Å². The lowest BCUT2D eigenvalue weighted by Crippen LogP contribution is -2.08. The van der Waals surface area contributed by atoms with Crippen molar-refractivity contribution >= 4 is 6.08 Å². The average molecular weight is 316 g/mol. The minimum atomic E-state index is 0.596. The zero-order valence-corrected chi connectivity index (χ0v) is 15.0. The Kier molecular flexibility index (Phi) is 4.31. The molecule has 0 amide bonds. The summed E-state index contributed by atoms with van der Waals surface area (Å²) in [5.41, 5.74) is 8.89. The molecule has 1 saturated carbocycles. The number of rotatable bonds is 3. The molecule has 0 bridgehead atoms. The summed E-state index contributed by atoms with van der Waals surface area (Å²) in [4.78, 5) is 0.